The largest absolute Gasteiger partial charge is 0.350 e. The van der Waals surface area contributed by atoms with E-state index in [9.17, 15) is 18.8 Å². The van der Waals surface area contributed by atoms with Gasteiger partial charge >= 0.3 is 0 Å². The quantitative estimate of drug-likeness (QED) is 0.700. The van der Waals surface area contributed by atoms with E-state index in [1.807, 2.05) is 0 Å². The van der Waals surface area contributed by atoms with Crippen LogP contribution in [0.4, 0.5) is 9.18 Å². The number of hydrogen-bond donors (Lipinski definition) is 1. The molecule has 1 heterocycles. The van der Waals surface area contributed by atoms with Crippen LogP contribution in [-0.4, -0.2) is 35.0 Å². The number of halogens is 2. The third-order valence-corrected chi connectivity index (χ3v) is 5.17. The van der Waals surface area contributed by atoms with Crippen molar-refractivity contribution in [3.63, 3.8) is 0 Å². The molecule has 0 aliphatic carbocycles. The normalized spacial score (nSPS) is 15.5. The second-order valence-corrected chi connectivity index (χ2v) is 7.53. The van der Waals surface area contributed by atoms with Crippen molar-refractivity contribution < 1.29 is 18.8 Å². The molecule has 1 saturated heterocycles. The predicted octanol–water partition coefficient (Wildman–Crippen LogP) is 4.05. The van der Waals surface area contributed by atoms with Gasteiger partial charge < -0.3 is 5.32 Å². The van der Waals surface area contributed by atoms with Gasteiger partial charge in [-0.05, 0) is 42.1 Å². The van der Waals surface area contributed by atoms with Crippen molar-refractivity contribution in [3.8, 4) is 0 Å². The number of hydrogen-bond acceptors (Lipinski definition) is 4. The van der Waals surface area contributed by atoms with Gasteiger partial charge in [-0.25, -0.2) is 4.39 Å². The molecule has 0 spiro atoms. The molecule has 0 atom stereocenters. The Hall–Kier alpha value is -2.45. The first-order valence-electron chi connectivity index (χ1n) is 7.99. The van der Waals surface area contributed by atoms with Crippen LogP contribution >= 0.6 is 27.7 Å². The molecule has 0 unspecified atom stereocenters. The van der Waals surface area contributed by atoms with Crippen LogP contribution in [0.1, 0.15) is 15.9 Å². The molecule has 5 nitrogen and oxygen atoms in total. The van der Waals surface area contributed by atoms with Gasteiger partial charge in [0, 0.05) is 28.7 Å². The van der Waals surface area contributed by atoms with Crippen molar-refractivity contribution >= 4 is 50.8 Å². The van der Waals surface area contributed by atoms with Gasteiger partial charge in [-0.2, -0.15) is 0 Å². The summed E-state index contributed by atoms with van der Waals surface area (Å²) in [5, 5.41) is 2.23. The van der Waals surface area contributed by atoms with Crippen LogP contribution in [0.3, 0.4) is 0 Å². The summed E-state index contributed by atoms with van der Waals surface area (Å²) in [5.74, 6) is -1.26. The van der Waals surface area contributed by atoms with Crippen LogP contribution in [-0.2, 0) is 4.79 Å². The second-order valence-electron chi connectivity index (χ2n) is 5.62. The van der Waals surface area contributed by atoms with Gasteiger partial charge in [0.15, 0.2) is 0 Å². The summed E-state index contributed by atoms with van der Waals surface area (Å²) < 4.78 is 14.5. The summed E-state index contributed by atoms with van der Waals surface area (Å²) in [7, 11) is 0. The van der Waals surface area contributed by atoms with E-state index in [1.54, 1.807) is 36.4 Å². The molecule has 1 fully saturated rings. The van der Waals surface area contributed by atoms with Crippen molar-refractivity contribution in [1.82, 2.24) is 10.2 Å². The molecule has 27 heavy (non-hydrogen) atoms. The van der Waals surface area contributed by atoms with E-state index in [0.29, 0.717) is 5.56 Å². The number of carbonyl (C=O) groups excluding carboxylic acids is 3. The zero-order valence-electron chi connectivity index (χ0n) is 13.9. The number of imide groups is 1. The topological polar surface area (TPSA) is 66.5 Å². The Balaban J connectivity index is 1.61. The van der Waals surface area contributed by atoms with Crippen molar-refractivity contribution in [1.29, 1.82) is 0 Å². The molecule has 0 radical (unpaired) electrons. The summed E-state index contributed by atoms with van der Waals surface area (Å²) >= 11 is 4.05. The zero-order chi connectivity index (χ0) is 19.4. The standard InChI is InChI=1S/C19H14BrFN2O3S/c20-14-6-3-5-13(10-14)17(24)22-8-9-23-18(25)16(27-19(23)26)11-12-4-1-2-7-15(12)21/h1-7,10-11H,8-9H2,(H,22,24)/b16-11-. The fourth-order valence-corrected chi connectivity index (χ4v) is 3.69. The fourth-order valence-electron chi connectivity index (χ4n) is 2.44. The van der Waals surface area contributed by atoms with E-state index in [0.717, 1.165) is 21.1 Å². The highest BCUT2D eigenvalue weighted by atomic mass is 79.9. The molecule has 2 aromatic rings. The van der Waals surface area contributed by atoms with Crippen LogP contribution in [0.2, 0.25) is 0 Å². The smallest absolute Gasteiger partial charge is 0.293 e. The van der Waals surface area contributed by atoms with E-state index in [-0.39, 0.29) is 29.5 Å². The lowest BCUT2D eigenvalue weighted by Gasteiger charge is -2.13. The van der Waals surface area contributed by atoms with E-state index < -0.39 is 17.0 Å². The highest BCUT2D eigenvalue weighted by Crippen LogP contribution is 2.32. The van der Waals surface area contributed by atoms with E-state index >= 15 is 0 Å². The van der Waals surface area contributed by atoms with Gasteiger partial charge in [-0.3, -0.25) is 19.3 Å². The van der Waals surface area contributed by atoms with Crippen LogP contribution in [0, 0.1) is 5.82 Å². The average molecular weight is 449 g/mol. The van der Waals surface area contributed by atoms with Gasteiger partial charge in [0.25, 0.3) is 17.1 Å². The van der Waals surface area contributed by atoms with E-state index in [2.05, 4.69) is 21.2 Å². The van der Waals surface area contributed by atoms with Gasteiger partial charge in [0.2, 0.25) is 0 Å². The van der Waals surface area contributed by atoms with Crippen molar-refractivity contribution in [2.45, 2.75) is 0 Å². The Morgan fingerprint density at radius 1 is 1.19 bits per heavy atom. The second kappa shape index (κ2) is 8.49. The fraction of sp³-hybridized carbons (Fsp3) is 0.105. The first-order valence-corrected chi connectivity index (χ1v) is 9.60. The molecule has 1 aliphatic rings. The van der Waals surface area contributed by atoms with Gasteiger partial charge in [-0.1, -0.05) is 40.2 Å². The van der Waals surface area contributed by atoms with Crippen LogP contribution in [0.15, 0.2) is 57.9 Å². The lowest BCUT2D eigenvalue weighted by molar-refractivity contribution is -0.122. The maximum Gasteiger partial charge on any atom is 0.293 e. The third-order valence-electron chi connectivity index (χ3n) is 3.77. The summed E-state index contributed by atoms with van der Waals surface area (Å²) in [5.41, 5.74) is 0.712. The number of nitrogens with zero attached hydrogens (tertiary/aromatic N) is 1. The minimum Gasteiger partial charge on any atom is -0.350 e. The molecule has 0 bridgehead atoms. The Kier molecular flexibility index (Phi) is 6.08. The molecular weight excluding hydrogens is 435 g/mol. The maximum atomic E-state index is 13.7. The number of nitrogens with one attached hydrogen (secondary N) is 1. The number of benzene rings is 2. The SMILES string of the molecule is O=C(NCCN1C(=O)S/C(=C\c2ccccc2F)C1=O)c1cccc(Br)c1. The monoisotopic (exact) mass is 448 g/mol. The third kappa shape index (κ3) is 4.64. The number of thioether (sulfide) groups is 1. The summed E-state index contributed by atoms with van der Waals surface area (Å²) in [6, 6.07) is 12.9. The summed E-state index contributed by atoms with van der Waals surface area (Å²) in [6.07, 6.45) is 1.36. The van der Waals surface area contributed by atoms with Crippen LogP contribution < -0.4 is 5.32 Å². The van der Waals surface area contributed by atoms with Crippen LogP contribution in [0.25, 0.3) is 6.08 Å². The Bertz CT molecular complexity index is 948. The first-order chi connectivity index (χ1) is 13.0. The number of rotatable bonds is 5. The van der Waals surface area contributed by atoms with Gasteiger partial charge in [0.1, 0.15) is 5.82 Å². The van der Waals surface area contributed by atoms with Gasteiger partial charge in [-0.15, -0.1) is 0 Å². The summed E-state index contributed by atoms with van der Waals surface area (Å²) in [6.45, 7) is 0.162. The number of carbonyl (C=O) groups is 3. The maximum absolute atomic E-state index is 13.7. The van der Waals surface area contributed by atoms with Crippen LogP contribution in [0.5, 0.6) is 0 Å². The lowest BCUT2D eigenvalue weighted by atomic mass is 10.2. The predicted molar refractivity (Wildman–Crippen MR) is 106 cm³/mol. The molecule has 3 amide bonds. The molecular formula is C19H14BrFN2O3S. The molecule has 3 rings (SSSR count). The zero-order valence-corrected chi connectivity index (χ0v) is 16.3. The van der Waals surface area contributed by atoms with Crippen molar-refractivity contribution in [2.75, 3.05) is 13.1 Å². The first kappa shape index (κ1) is 19.3. The molecule has 2 aromatic carbocycles. The molecule has 138 valence electrons. The van der Waals surface area contributed by atoms with E-state index in [1.165, 1.54) is 18.2 Å². The average Bonchev–Trinajstić information content (AvgIpc) is 2.91. The van der Waals surface area contributed by atoms with Crippen molar-refractivity contribution in [3.05, 3.63) is 74.9 Å². The lowest BCUT2D eigenvalue weighted by Crippen LogP contribution is -2.37. The Labute approximate surface area is 167 Å². The molecule has 0 saturated carbocycles. The summed E-state index contributed by atoms with van der Waals surface area (Å²) in [4.78, 5) is 37.8. The van der Waals surface area contributed by atoms with Gasteiger partial charge in [0.05, 0.1) is 4.91 Å². The Morgan fingerprint density at radius 2 is 1.96 bits per heavy atom. The molecule has 8 heteroatoms. The van der Waals surface area contributed by atoms with Crippen molar-refractivity contribution in [2.24, 2.45) is 0 Å². The highest BCUT2D eigenvalue weighted by Gasteiger charge is 2.34. The Morgan fingerprint density at radius 3 is 2.70 bits per heavy atom. The van der Waals surface area contributed by atoms with E-state index in [4.69, 9.17) is 0 Å². The highest BCUT2D eigenvalue weighted by molar-refractivity contribution is 9.10. The molecule has 1 aliphatic heterocycles. The molecule has 0 aromatic heterocycles. The molecule has 1 N–H and O–H groups in total. The minimum absolute atomic E-state index is 0.0407. The number of amides is 3. The minimum atomic E-state index is -0.495.